The quantitative estimate of drug-likeness (QED) is 0.572. The third-order valence-corrected chi connectivity index (χ3v) is 4.06. The molecular formula is C14H13FN2O2S. The monoisotopic (exact) mass is 292 g/mol. The maximum Gasteiger partial charge on any atom is 0.169 e. The van der Waals surface area contributed by atoms with Crippen LogP contribution < -0.4 is 16.0 Å². The molecular weight excluding hydrogens is 279 g/mol. The molecule has 3 aromatic rings. The van der Waals surface area contributed by atoms with Crippen LogP contribution in [0.2, 0.25) is 0 Å². The van der Waals surface area contributed by atoms with E-state index in [2.05, 4.69) is 5.43 Å². The minimum absolute atomic E-state index is 0.242. The zero-order valence-corrected chi connectivity index (χ0v) is 11.5. The Labute approximate surface area is 118 Å². The Kier molecular flexibility index (Phi) is 3.43. The van der Waals surface area contributed by atoms with Gasteiger partial charge in [0, 0.05) is 15.6 Å². The normalized spacial score (nSPS) is 12.8. The summed E-state index contributed by atoms with van der Waals surface area (Å²) in [6, 6.07) is 8.14. The fraction of sp³-hybridized carbons (Fsp3) is 0.143. The molecule has 0 spiro atoms. The first-order chi connectivity index (χ1) is 9.72. The van der Waals surface area contributed by atoms with E-state index in [1.807, 2.05) is 11.4 Å². The predicted molar refractivity (Wildman–Crippen MR) is 76.2 cm³/mol. The fourth-order valence-corrected chi connectivity index (χ4v) is 3.01. The van der Waals surface area contributed by atoms with Crippen molar-refractivity contribution in [2.75, 3.05) is 7.11 Å². The highest BCUT2D eigenvalue weighted by Gasteiger charge is 2.20. The van der Waals surface area contributed by atoms with Gasteiger partial charge < -0.3 is 9.15 Å². The van der Waals surface area contributed by atoms with E-state index in [1.165, 1.54) is 17.4 Å². The number of thiophene rings is 1. The number of benzene rings is 1. The lowest BCUT2D eigenvalue weighted by molar-refractivity contribution is 0.415. The van der Waals surface area contributed by atoms with Crippen LogP contribution in [0.25, 0.3) is 11.0 Å². The number of rotatable bonds is 4. The van der Waals surface area contributed by atoms with Crippen molar-refractivity contribution < 1.29 is 13.5 Å². The van der Waals surface area contributed by atoms with Gasteiger partial charge in [-0.15, -0.1) is 11.3 Å². The van der Waals surface area contributed by atoms with Crippen LogP contribution >= 0.6 is 11.3 Å². The zero-order chi connectivity index (χ0) is 14.1. The minimum atomic E-state index is -0.381. The van der Waals surface area contributed by atoms with Crippen LogP contribution in [0.1, 0.15) is 16.7 Å². The summed E-state index contributed by atoms with van der Waals surface area (Å²) < 4.78 is 24.4. The molecule has 0 fully saturated rings. The van der Waals surface area contributed by atoms with Crippen LogP contribution in [0.3, 0.4) is 0 Å². The van der Waals surface area contributed by atoms with E-state index in [0.717, 1.165) is 10.6 Å². The van der Waals surface area contributed by atoms with Gasteiger partial charge in [-0.2, -0.15) is 0 Å². The topological polar surface area (TPSA) is 60.4 Å². The van der Waals surface area contributed by atoms with E-state index in [0.29, 0.717) is 11.1 Å². The highest BCUT2D eigenvalue weighted by atomic mass is 32.1. The Hall–Kier alpha value is -1.89. The van der Waals surface area contributed by atoms with Crippen molar-refractivity contribution >= 4 is 22.3 Å². The van der Waals surface area contributed by atoms with Gasteiger partial charge in [0.05, 0.1) is 7.11 Å². The summed E-state index contributed by atoms with van der Waals surface area (Å²) in [6.45, 7) is 0. The summed E-state index contributed by atoms with van der Waals surface area (Å²) in [4.78, 5) is 0.934. The number of nitrogens with two attached hydrogens (primary N) is 1. The van der Waals surface area contributed by atoms with Crippen molar-refractivity contribution in [2.45, 2.75) is 6.04 Å². The largest absolute Gasteiger partial charge is 0.496 e. The molecule has 1 unspecified atom stereocenters. The molecule has 0 bridgehead atoms. The molecule has 2 heterocycles. The Morgan fingerprint density at radius 3 is 2.90 bits per heavy atom. The van der Waals surface area contributed by atoms with Crippen molar-refractivity contribution in [2.24, 2.45) is 5.84 Å². The highest BCUT2D eigenvalue weighted by molar-refractivity contribution is 7.10. The Balaban J connectivity index is 2.04. The second-order valence-corrected chi connectivity index (χ2v) is 5.24. The number of para-hydroxylation sites is 1. The maximum absolute atomic E-state index is 13.7. The van der Waals surface area contributed by atoms with E-state index in [4.69, 9.17) is 15.0 Å². The Morgan fingerprint density at radius 1 is 1.40 bits per heavy atom. The first kappa shape index (κ1) is 13.1. The van der Waals surface area contributed by atoms with Gasteiger partial charge in [0.15, 0.2) is 11.4 Å². The van der Waals surface area contributed by atoms with Gasteiger partial charge in [-0.25, -0.2) is 9.82 Å². The van der Waals surface area contributed by atoms with Gasteiger partial charge in [-0.1, -0.05) is 12.1 Å². The molecule has 0 radical (unpaired) electrons. The summed E-state index contributed by atoms with van der Waals surface area (Å²) in [7, 11) is 1.60. The number of furan rings is 1. The van der Waals surface area contributed by atoms with Crippen molar-refractivity contribution in [3.63, 3.8) is 0 Å². The molecule has 20 heavy (non-hydrogen) atoms. The maximum atomic E-state index is 13.7. The molecule has 2 aromatic heterocycles. The second kappa shape index (κ2) is 5.24. The third kappa shape index (κ3) is 2.18. The van der Waals surface area contributed by atoms with Crippen LogP contribution in [0, 0.1) is 5.82 Å². The number of hydrogen-bond donors (Lipinski definition) is 2. The van der Waals surface area contributed by atoms with Gasteiger partial charge >= 0.3 is 0 Å². The molecule has 0 aliphatic rings. The van der Waals surface area contributed by atoms with E-state index < -0.39 is 0 Å². The van der Waals surface area contributed by atoms with Gasteiger partial charge in [-0.3, -0.25) is 5.84 Å². The predicted octanol–water partition coefficient (Wildman–Crippen LogP) is 3.19. The van der Waals surface area contributed by atoms with Crippen LogP contribution in [-0.4, -0.2) is 7.11 Å². The van der Waals surface area contributed by atoms with Gasteiger partial charge in [-0.05, 0) is 18.2 Å². The van der Waals surface area contributed by atoms with E-state index in [-0.39, 0.29) is 17.4 Å². The first-order valence-corrected chi connectivity index (χ1v) is 6.87. The molecule has 1 aromatic carbocycles. The average molecular weight is 292 g/mol. The van der Waals surface area contributed by atoms with E-state index >= 15 is 0 Å². The lowest BCUT2D eigenvalue weighted by Gasteiger charge is -2.10. The number of fused-ring (bicyclic) bond motifs is 1. The van der Waals surface area contributed by atoms with Gasteiger partial charge in [0.1, 0.15) is 17.6 Å². The van der Waals surface area contributed by atoms with Crippen molar-refractivity contribution in [3.05, 3.63) is 52.2 Å². The number of methoxy groups -OCH3 is 1. The molecule has 0 saturated heterocycles. The number of nitrogens with one attached hydrogen (secondary N) is 1. The Bertz CT molecular complexity index is 738. The first-order valence-electron chi connectivity index (χ1n) is 5.99. The summed E-state index contributed by atoms with van der Waals surface area (Å²) in [5.41, 5.74) is 2.93. The molecule has 104 valence electrons. The number of hydrogen-bond acceptors (Lipinski definition) is 5. The summed E-state index contributed by atoms with van der Waals surface area (Å²) >= 11 is 1.49. The van der Waals surface area contributed by atoms with E-state index in [9.17, 15) is 4.39 Å². The van der Waals surface area contributed by atoms with Crippen molar-refractivity contribution in [3.8, 4) is 5.75 Å². The van der Waals surface area contributed by atoms with Crippen LogP contribution in [0.4, 0.5) is 4.39 Å². The fourth-order valence-electron chi connectivity index (χ4n) is 2.09. The summed E-state index contributed by atoms with van der Waals surface area (Å²) in [5.74, 6) is 6.55. The van der Waals surface area contributed by atoms with Gasteiger partial charge in [0.2, 0.25) is 0 Å². The molecule has 3 N–H and O–H groups in total. The summed E-state index contributed by atoms with van der Waals surface area (Å²) in [6.07, 6.45) is 0. The molecule has 4 nitrogen and oxygen atoms in total. The molecule has 0 aliphatic heterocycles. The molecule has 1 atom stereocenters. The van der Waals surface area contributed by atoms with Crippen molar-refractivity contribution in [1.29, 1.82) is 0 Å². The second-order valence-electron chi connectivity index (χ2n) is 4.30. The highest BCUT2D eigenvalue weighted by Crippen LogP contribution is 2.33. The molecule has 0 amide bonds. The standard InChI is InChI=1S/C14H13FN2O2S/c1-18-9-6-12(20-7-9)13(17-16)11-5-8-3-2-4-10(15)14(8)19-11/h2-7,13,17H,16H2,1H3. The molecule has 3 rings (SSSR count). The number of halogens is 1. The van der Waals surface area contributed by atoms with Crippen LogP contribution in [0.15, 0.2) is 40.1 Å². The SMILES string of the molecule is COc1csc(C(NN)c2cc3cccc(F)c3o2)c1. The van der Waals surface area contributed by atoms with Crippen molar-refractivity contribution in [1.82, 2.24) is 5.43 Å². The Morgan fingerprint density at radius 2 is 2.25 bits per heavy atom. The average Bonchev–Trinajstić information content (AvgIpc) is 3.07. The smallest absolute Gasteiger partial charge is 0.169 e. The lowest BCUT2D eigenvalue weighted by atomic mass is 10.1. The summed E-state index contributed by atoms with van der Waals surface area (Å²) in [5, 5.41) is 2.59. The molecule has 0 saturated carbocycles. The third-order valence-electron chi connectivity index (χ3n) is 3.08. The molecule has 6 heteroatoms. The molecule has 0 aliphatic carbocycles. The van der Waals surface area contributed by atoms with Crippen LogP contribution in [-0.2, 0) is 0 Å². The number of ether oxygens (including phenoxy) is 1. The van der Waals surface area contributed by atoms with Crippen LogP contribution in [0.5, 0.6) is 5.75 Å². The number of hydrazine groups is 1. The van der Waals surface area contributed by atoms with Gasteiger partial charge in [0.25, 0.3) is 0 Å². The lowest BCUT2D eigenvalue weighted by Crippen LogP contribution is -2.27. The zero-order valence-electron chi connectivity index (χ0n) is 10.7. The minimum Gasteiger partial charge on any atom is -0.496 e. The van der Waals surface area contributed by atoms with E-state index in [1.54, 1.807) is 25.3 Å².